The smallest absolute Gasteiger partial charge is 0.225 e. The van der Waals surface area contributed by atoms with E-state index in [-0.39, 0.29) is 11.9 Å². The van der Waals surface area contributed by atoms with Crippen LogP contribution >= 0.6 is 11.6 Å². The normalized spacial score (nSPS) is 11.8. The average molecular weight is 351 g/mol. The molecule has 25 heavy (non-hydrogen) atoms. The first kappa shape index (κ1) is 17.2. The number of rotatable bonds is 5. The molecule has 0 saturated carbocycles. The van der Waals surface area contributed by atoms with E-state index >= 15 is 0 Å². The fourth-order valence-electron chi connectivity index (χ4n) is 2.66. The molecule has 1 aromatic heterocycles. The van der Waals surface area contributed by atoms with Crippen LogP contribution in [0.25, 0.3) is 0 Å². The van der Waals surface area contributed by atoms with Gasteiger partial charge >= 0.3 is 0 Å². The number of pyridine rings is 1. The van der Waals surface area contributed by atoms with Gasteiger partial charge in [0.2, 0.25) is 5.91 Å². The van der Waals surface area contributed by atoms with Crippen molar-refractivity contribution in [2.45, 2.75) is 19.4 Å². The van der Waals surface area contributed by atoms with Crippen molar-refractivity contribution in [3.8, 4) is 0 Å². The second-order valence-corrected chi connectivity index (χ2v) is 6.44. The van der Waals surface area contributed by atoms with Crippen LogP contribution in [-0.4, -0.2) is 10.9 Å². The van der Waals surface area contributed by atoms with E-state index < -0.39 is 0 Å². The Hall–Kier alpha value is -2.65. The Morgan fingerprint density at radius 2 is 1.76 bits per heavy atom. The third-order valence-corrected chi connectivity index (χ3v) is 4.26. The van der Waals surface area contributed by atoms with Crippen molar-refractivity contribution in [2.24, 2.45) is 0 Å². The molecule has 0 saturated heterocycles. The van der Waals surface area contributed by atoms with E-state index in [4.69, 9.17) is 11.6 Å². The highest BCUT2D eigenvalue weighted by atomic mass is 35.5. The van der Waals surface area contributed by atoms with Gasteiger partial charge in [0, 0.05) is 17.4 Å². The van der Waals surface area contributed by atoms with Gasteiger partial charge in [-0.05, 0) is 41.8 Å². The van der Waals surface area contributed by atoms with Crippen molar-refractivity contribution in [3.63, 3.8) is 0 Å². The quantitative estimate of drug-likeness (QED) is 0.736. The van der Waals surface area contributed by atoms with Gasteiger partial charge in [0.1, 0.15) is 0 Å². The van der Waals surface area contributed by atoms with Crippen LogP contribution in [0.3, 0.4) is 0 Å². The number of hydrogen-bond acceptors (Lipinski definition) is 2. The lowest BCUT2D eigenvalue weighted by Gasteiger charge is -2.20. The molecule has 2 aromatic carbocycles. The zero-order valence-corrected chi connectivity index (χ0v) is 14.7. The lowest BCUT2D eigenvalue weighted by atomic mass is 9.98. The molecule has 0 aliphatic carbocycles. The van der Waals surface area contributed by atoms with E-state index in [0.29, 0.717) is 11.4 Å². The second kappa shape index (κ2) is 7.95. The number of nitrogens with one attached hydrogen (secondary N) is 1. The topological polar surface area (TPSA) is 42.0 Å². The molecule has 0 spiro atoms. The van der Waals surface area contributed by atoms with Crippen molar-refractivity contribution in [2.75, 3.05) is 0 Å². The van der Waals surface area contributed by atoms with Crippen LogP contribution in [-0.2, 0) is 11.2 Å². The molecule has 0 aliphatic heterocycles. The molecule has 1 atom stereocenters. The highest BCUT2D eigenvalue weighted by Gasteiger charge is 2.17. The van der Waals surface area contributed by atoms with Crippen molar-refractivity contribution in [1.29, 1.82) is 0 Å². The highest BCUT2D eigenvalue weighted by Crippen LogP contribution is 2.22. The SMILES string of the molecule is Cc1ccc(C(NC(=O)Cc2ccc(Cl)cc2)c2cccnc2)cc1. The predicted octanol–water partition coefficient (Wildman–Crippen LogP) is 4.49. The van der Waals surface area contributed by atoms with Gasteiger partial charge in [0.15, 0.2) is 0 Å². The van der Waals surface area contributed by atoms with E-state index in [1.807, 2.05) is 55.5 Å². The summed E-state index contributed by atoms with van der Waals surface area (Å²) in [4.78, 5) is 16.7. The largest absolute Gasteiger partial charge is 0.345 e. The van der Waals surface area contributed by atoms with E-state index in [1.165, 1.54) is 5.56 Å². The molecule has 3 aromatic rings. The lowest BCUT2D eigenvalue weighted by Crippen LogP contribution is -2.30. The molecule has 0 bridgehead atoms. The van der Waals surface area contributed by atoms with E-state index in [0.717, 1.165) is 16.7 Å². The van der Waals surface area contributed by atoms with Crippen molar-refractivity contribution < 1.29 is 4.79 Å². The van der Waals surface area contributed by atoms with Crippen LogP contribution in [0, 0.1) is 6.92 Å². The number of aromatic nitrogens is 1. The zero-order valence-electron chi connectivity index (χ0n) is 13.9. The van der Waals surface area contributed by atoms with Gasteiger partial charge in [-0.25, -0.2) is 0 Å². The summed E-state index contributed by atoms with van der Waals surface area (Å²) in [5.41, 5.74) is 4.09. The first-order chi connectivity index (χ1) is 12.1. The molecule has 126 valence electrons. The van der Waals surface area contributed by atoms with Crippen molar-refractivity contribution >= 4 is 17.5 Å². The fourth-order valence-corrected chi connectivity index (χ4v) is 2.79. The summed E-state index contributed by atoms with van der Waals surface area (Å²) >= 11 is 5.90. The van der Waals surface area contributed by atoms with Crippen molar-refractivity contribution in [3.05, 3.63) is 100 Å². The number of carbonyl (C=O) groups excluding carboxylic acids is 1. The minimum Gasteiger partial charge on any atom is -0.345 e. The zero-order chi connectivity index (χ0) is 17.6. The molecule has 0 radical (unpaired) electrons. The number of carbonyl (C=O) groups is 1. The number of halogens is 1. The molecule has 3 nitrogen and oxygen atoms in total. The molecule has 0 fully saturated rings. The van der Waals surface area contributed by atoms with Gasteiger partial charge in [0.25, 0.3) is 0 Å². The van der Waals surface area contributed by atoms with Crippen LogP contribution in [0.15, 0.2) is 73.1 Å². The van der Waals surface area contributed by atoms with Crippen LogP contribution in [0.1, 0.15) is 28.3 Å². The molecule has 1 heterocycles. The molecular weight excluding hydrogens is 332 g/mol. The summed E-state index contributed by atoms with van der Waals surface area (Å²) in [6, 6.07) is 19.1. The van der Waals surface area contributed by atoms with Crippen LogP contribution < -0.4 is 5.32 Å². The first-order valence-electron chi connectivity index (χ1n) is 8.12. The van der Waals surface area contributed by atoms with Gasteiger partial charge in [-0.3, -0.25) is 9.78 Å². The van der Waals surface area contributed by atoms with Crippen molar-refractivity contribution in [1.82, 2.24) is 10.3 Å². The highest BCUT2D eigenvalue weighted by molar-refractivity contribution is 6.30. The number of nitrogens with zero attached hydrogens (tertiary/aromatic N) is 1. The molecule has 1 N–H and O–H groups in total. The number of hydrogen-bond donors (Lipinski definition) is 1. The molecule has 4 heteroatoms. The van der Waals surface area contributed by atoms with E-state index in [1.54, 1.807) is 24.5 Å². The minimum atomic E-state index is -0.228. The maximum atomic E-state index is 12.6. The minimum absolute atomic E-state index is 0.0447. The van der Waals surface area contributed by atoms with Gasteiger partial charge in [-0.2, -0.15) is 0 Å². The Morgan fingerprint density at radius 3 is 2.40 bits per heavy atom. The average Bonchev–Trinajstić information content (AvgIpc) is 2.63. The molecule has 0 aliphatic rings. The van der Waals surface area contributed by atoms with Gasteiger partial charge in [-0.1, -0.05) is 59.6 Å². The third kappa shape index (κ3) is 4.68. The summed E-state index contributed by atoms with van der Waals surface area (Å²) in [6.07, 6.45) is 3.82. The molecule has 3 rings (SSSR count). The third-order valence-electron chi connectivity index (χ3n) is 4.01. The Balaban J connectivity index is 1.81. The van der Waals surface area contributed by atoms with Gasteiger partial charge in [0.05, 0.1) is 12.5 Å². The van der Waals surface area contributed by atoms with E-state index in [9.17, 15) is 4.79 Å². The van der Waals surface area contributed by atoms with Crippen LogP contribution in [0.5, 0.6) is 0 Å². The number of benzene rings is 2. The van der Waals surface area contributed by atoms with Crippen LogP contribution in [0.2, 0.25) is 5.02 Å². The van der Waals surface area contributed by atoms with Gasteiger partial charge < -0.3 is 5.32 Å². The molecule has 1 amide bonds. The Labute approximate surface area is 152 Å². The molecular formula is C21H19ClN2O. The fraction of sp³-hybridized carbons (Fsp3) is 0.143. The number of aryl methyl sites for hydroxylation is 1. The Bertz CT molecular complexity index is 830. The van der Waals surface area contributed by atoms with Gasteiger partial charge in [-0.15, -0.1) is 0 Å². The summed E-state index contributed by atoms with van der Waals surface area (Å²) in [6.45, 7) is 2.04. The molecule has 1 unspecified atom stereocenters. The number of amides is 1. The summed E-state index contributed by atoms with van der Waals surface area (Å²) in [5.74, 6) is -0.0447. The lowest BCUT2D eigenvalue weighted by molar-refractivity contribution is -0.120. The summed E-state index contributed by atoms with van der Waals surface area (Å²) in [7, 11) is 0. The Morgan fingerprint density at radius 1 is 1.04 bits per heavy atom. The second-order valence-electron chi connectivity index (χ2n) is 6.00. The Kier molecular flexibility index (Phi) is 5.46. The maximum absolute atomic E-state index is 12.6. The maximum Gasteiger partial charge on any atom is 0.225 e. The summed E-state index contributed by atoms with van der Waals surface area (Å²) in [5, 5.41) is 3.78. The first-order valence-corrected chi connectivity index (χ1v) is 8.50. The monoisotopic (exact) mass is 350 g/mol. The standard InChI is InChI=1S/C21H19ClN2O/c1-15-4-8-17(9-5-15)21(18-3-2-12-23-14-18)24-20(25)13-16-6-10-19(22)11-7-16/h2-12,14,21H,13H2,1H3,(H,24,25). The van der Waals surface area contributed by atoms with Crippen LogP contribution in [0.4, 0.5) is 0 Å². The summed E-state index contributed by atoms with van der Waals surface area (Å²) < 4.78 is 0. The van der Waals surface area contributed by atoms with E-state index in [2.05, 4.69) is 10.3 Å². The predicted molar refractivity (Wildman–Crippen MR) is 101 cm³/mol.